The van der Waals surface area contributed by atoms with Gasteiger partial charge in [-0.25, -0.2) is 4.98 Å². The zero-order valence-electron chi connectivity index (χ0n) is 13.2. The summed E-state index contributed by atoms with van der Waals surface area (Å²) in [7, 11) is 0. The molecule has 1 aromatic heterocycles. The molecule has 0 aliphatic carbocycles. The summed E-state index contributed by atoms with van der Waals surface area (Å²) in [6, 6.07) is 10.3. The zero-order valence-corrected chi connectivity index (χ0v) is 13.2. The van der Waals surface area contributed by atoms with Crippen molar-refractivity contribution < 1.29 is 0 Å². The van der Waals surface area contributed by atoms with Gasteiger partial charge in [0.15, 0.2) is 0 Å². The van der Waals surface area contributed by atoms with E-state index in [9.17, 15) is 0 Å². The van der Waals surface area contributed by atoms with E-state index in [1.807, 2.05) is 37.3 Å². The van der Waals surface area contributed by atoms with Crippen LogP contribution in [0.3, 0.4) is 0 Å². The molecule has 1 fully saturated rings. The summed E-state index contributed by atoms with van der Waals surface area (Å²) in [5, 5.41) is 3.29. The maximum absolute atomic E-state index is 6.00. The highest BCUT2D eigenvalue weighted by Crippen LogP contribution is 2.25. The van der Waals surface area contributed by atoms with Gasteiger partial charge in [-0.1, -0.05) is 18.2 Å². The van der Waals surface area contributed by atoms with Crippen LogP contribution in [0.1, 0.15) is 24.1 Å². The Hall–Kier alpha value is -2.14. The van der Waals surface area contributed by atoms with Crippen molar-refractivity contribution in [2.45, 2.75) is 32.7 Å². The molecule has 1 saturated heterocycles. The highest BCUT2D eigenvalue weighted by atomic mass is 15.2. The minimum absolute atomic E-state index is 0.321. The average molecular weight is 297 g/mol. The quantitative estimate of drug-likeness (QED) is 0.912. The Labute approximate surface area is 131 Å². The Morgan fingerprint density at radius 1 is 1.09 bits per heavy atom. The molecule has 0 amide bonds. The number of nitrogens with zero attached hydrogens (tertiary/aromatic N) is 3. The van der Waals surface area contributed by atoms with Crippen molar-refractivity contribution in [2.24, 2.45) is 5.73 Å². The molecule has 0 atom stereocenters. The molecular formula is C17H23N5. The summed E-state index contributed by atoms with van der Waals surface area (Å²) < 4.78 is 0. The third-order valence-corrected chi connectivity index (χ3v) is 4.23. The van der Waals surface area contributed by atoms with E-state index < -0.39 is 0 Å². The van der Waals surface area contributed by atoms with Gasteiger partial charge >= 0.3 is 0 Å². The van der Waals surface area contributed by atoms with Crippen molar-refractivity contribution in [1.82, 2.24) is 9.97 Å². The molecule has 0 radical (unpaired) electrons. The standard InChI is InChI=1S/C17H23N5/c1-12-13(2)19-17(20-15-6-4-3-5-7-15)21-16(12)22-10-8-14(18)9-11-22/h3-7,14H,8-11,18H2,1-2H3,(H,19,20,21). The highest BCUT2D eigenvalue weighted by molar-refractivity contribution is 5.58. The van der Waals surface area contributed by atoms with E-state index >= 15 is 0 Å². The first-order valence-electron chi connectivity index (χ1n) is 7.81. The number of para-hydroxylation sites is 1. The number of hydrogen-bond acceptors (Lipinski definition) is 5. The monoisotopic (exact) mass is 297 g/mol. The summed E-state index contributed by atoms with van der Waals surface area (Å²) >= 11 is 0. The second-order valence-electron chi connectivity index (χ2n) is 5.90. The van der Waals surface area contributed by atoms with Crippen molar-refractivity contribution in [1.29, 1.82) is 0 Å². The predicted molar refractivity (Wildman–Crippen MR) is 90.7 cm³/mol. The molecule has 0 saturated carbocycles. The van der Waals surface area contributed by atoms with Crippen molar-refractivity contribution in [3.8, 4) is 0 Å². The maximum Gasteiger partial charge on any atom is 0.229 e. The van der Waals surface area contributed by atoms with E-state index in [0.29, 0.717) is 12.0 Å². The van der Waals surface area contributed by atoms with Crippen molar-refractivity contribution in [3.63, 3.8) is 0 Å². The largest absolute Gasteiger partial charge is 0.356 e. The van der Waals surface area contributed by atoms with Crippen LogP contribution >= 0.6 is 0 Å². The molecular weight excluding hydrogens is 274 g/mol. The summed E-state index contributed by atoms with van der Waals surface area (Å²) in [4.78, 5) is 11.6. The van der Waals surface area contributed by atoms with E-state index in [0.717, 1.165) is 48.7 Å². The van der Waals surface area contributed by atoms with Gasteiger partial charge in [-0.3, -0.25) is 0 Å². The van der Waals surface area contributed by atoms with Crippen LogP contribution in [0.25, 0.3) is 0 Å². The van der Waals surface area contributed by atoms with Gasteiger partial charge in [-0.15, -0.1) is 0 Å². The fraction of sp³-hybridized carbons (Fsp3) is 0.412. The minimum atomic E-state index is 0.321. The maximum atomic E-state index is 6.00. The van der Waals surface area contributed by atoms with Crippen LogP contribution in [0.2, 0.25) is 0 Å². The van der Waals surface area contributed by atoms with Gasteiger partial charge in [0.05, 0.1) is 0 Å². The third kappa shape index (κ3) is 3.20. The average Bonchev–Trinajstić information content (AvgIpc) is 2.53. The Morgan fingerprint density at radius 3 is 2.45 bits per heavy atom. The molecule has 2 heterocycles. The second-order valence-corrected chi connectivity index (χ2v) is 5.90. The molecule has 0 spiro atoms. The second kappa shape index (κ2) is 6.32. The fourth-order valence-electron chi connectivity index (χ4n) is 2.74. The van der Waals surface area contributed by atoms with Crippen molar-refractivity contribution >= 4 is 17.5 Å². The topological polar surface area (TPSA) is 67.1 Å². The van der Waals surface area contributed by atoms with Crippen LogP contribution < -0.4 is 16.0 Å². The van der Waals surface area contributed by atoms with Crippen LogP contribution in [0.5, 0.6) is 0 Å². The molecule has 3 rings (SSSR count). The SMILES string of the molecule is Cc1nc(Nc2ccccc2)nc(N2CCC(N)CC2)c1C. The Kier molecular flexibility index (Phi) is 4.24. The predicted octanol–water partition coefficient (Wildman–Crippen LogP) is 2.76. The van der Waals surface area contributed by atoms with Crippen molar-refractivity contribution in [3.05, 3.63) is 41.6 Å². The van der Waals surface area contributed by atoms with Gasteiger partial charge in [-0.05, 0) is 38.8 Å². The van der Waals surface area contributed by atoms with E-state index in [1.165, 1.54) is 0 Å². The number of nitrogens with two attached hydrogens (primary N) is 1. The van der Waals surface area contributed by atoms with Gasteiger partial charge in [0.1, 0.15) is 5.82 Å². The van der Waals surface area contributed by atoms with E-state index in [2.05, 4.69) is 22.1 Å². The van der Waals surface area contributed by atoms with Crippen LogP contribution in [-0.4, -0.2) is 29.1 Å². The van der Waals surface area contributed by atoms with E-state index in [-0.39, 0.29) is 0 Å². The van der Waals surface area contributed by atoms with Gasteiger partial charge in [-0.2, -0.15) is 4.98 Å². The Balaban J connectivity index is 1.87. The first-order chi connectivity index (χ1) is 10.6. The molecule has 0 bridgehead atoms. The van der Waals surface area contributed by atoms with Gasteiger partial charge in [0.2, 0.25) is 5.95 Å². The number of hydrogen-bond donors (Lipinski definition) is 2. The summed E-state index contributed by atoms with van der Waals surface area (Å²) in [5.41, 5.74) is 9.16. The van der Waals surface area contributed by atoms with Crippen LogP contribution in [0, 0.1) is 13.8 Å². The van der Waals surface area contributed by atoms with E-state index in [4.69, 9.17) is 10.7 Å². The Bertz CT molecular complexity index is 633. The number of anilines is 3. The molecule has 116 valence electrons. The molecule has 3 N–H and O–H groups in total. The smallest absolute Gasteiger partial charge is 0.229 e. The molecule has 5 nitrogen and oxygen atoms in total. The number of rotatable bonds is 3. The zero-order chi connectivity index (χ0) is 15.5. The molecule has 2 aromatic rings. The summed E-state index contributed by atoms with van der Waals surface area (Å²) in [5.74, 6) is 1.68. The van der Waals surface area contributed by atoms with Crippen LogP contribution in [0.4, 0.5) is 17.5 Å². The first-order valence-corrected chi connectivity index (χ1v) is 7.81. The normalized spacial score (nSPS) is 15.9. The van der Waals surface area contributed by atoms with Crippen molar-refractivity contribution in [2.75, 3.05) is 23.3 Å². The summed E-state index contributed by atoms with van der Waals surface area (Å²) in [6.45, 7) is 6.05. The minimum Gasteiger partial charge on any atom is -0.356 e. The number of piperidine rings is 1. The first kappa shape index (κ1) is 14.8. The number of aryl methyl sites for hydroxylation is 1. The molecule has 0 unspecified atom stereocenters. The lowest BCUT2D eigenvalue weighted by Crippen LogP contribution is -2.40. The molecule has 5 heteroatoms. The fourth-order valence-corrected chi connectivity index (χ4v) is 2.74. The van der Waals surface area contributed by atoms with Crippen LogP contribution in [-0.2, 0) is 0 Å². The lowest BCUT2D eigenvalue weighted by atomic mass is 10.1. The third-order valence-electron chi connectivity index (χ3n) is 4.23. The van der Waals surface area contributed by atoms with Gasteiger partial charge in [0.25, 0.3) is 0 Å². The van der Waals surface area contributed by atoms with Gasteiger partial charge in [0, 0.05) is 36.1 Å². The Morgan fingerprint density at radius 2 is 1.77 bits per heavy atom. The lowest BCUT2D eigenvalue weighted by Gasteiger charge is -2.32. The summed E-state index contributed by atoms with van der Waals surface area (Å²) in [6.07, 6.45) is 2.04. The van der Waals surface area contributed by atoms with E-state index in [1.54, 1.807) is 0 Å². The lowest BCUT2D eigenvalue weighted by molar-refractivity contribution is 0.498. The molecule has 1 aliphatic rings. The number of nitrogens with one attached hydrogen (secondary N) is 1. The van der Waals surface area contributed by atoms with Crippen LogP contribution in [0.15, 0.2) is 30.3 Å². The number of benzene rings is 1. The molecule has 1 aromatic carbocycles. The highest BCUT2D eigenvalue weighted by Gasteiger charge is 2.20. The molecule has 1 aliphatic heterocycles. The molecule has 22 heavy (non-hydrogen) atoms. The van der Waals surface area contributed by atoms with Gasteiger partial charge < -0.3 is 16.0 Å². The number of aromatic nitrogens is 2.